The van der Waals surface area contributed by atoms with Gasteiger partial charge in [0.05, 0.1) is 6.04 Å². The van der Waals surface area contributed by atoms with E-state index in [1.165, 1.54) is 4.88 Å². The lowest BCUT2D eigenvalue weighted by Crippen LogP contribution is -2.05. The molecule has 0 amide bonds. The number of aryl methyl sites for hydroxylation is 1. The molecule has 0 saturated heterocycles. The van der Waals surface area contributed by atoms with Crippen LogP contribution in [0.2, 0.25) is 0 Å². The number of anilines is 1. The Morgan fingerprint density at radius 1 is 1.33 bits per heavy atom. The van der Waals surface area contributed by atoms with Crippen molar-refractivity contribution in [1.82, 2.24) is 20.2 Å². The lowest BCUT2D eigenvalue weighted by molar-refractivity contribution is 0.714. The number of thiophene rings is 1. The third-order valence-corrected chi connectivity index (χ3v) is 5.22. The fourth-order valence-electron chi connectivity index (χ4n) is 2.15. The number of halogens is 1. The van der Waals surface area contributed by atoms with Gasteiger partial charge in [-0.25, -0.2) is 4.68 Å². The summed E-state index contributed by atoms with van der Waals surface area (Å²) in [5, 5.41) is 17.2. The van der Waals surface area contributed by atoms with Crippen LogP contribution < -0.4 is 5.32 Å². The van der Waals surface area contributed by atoms with E-state index in [4.69, 9.17) is 0 Å². The summed E-state index contributed by atoms with van der Waals surface area (Å²) in [6.07, 6.45) is 0. The summed E-state index contributed by atoms with van der Waals surface area (Å²) >= 11 is 5.31. The van der Waals surface area contributed by atoms with Gasteiger partial charge in [0.15, 0.2) is 5.82 Å². The molecule has 1 atom stereocenters. The highest BCUT2D eigenvalue weighted by Crippen LogP contribution is 2.31. The molecule has 0 radical (unpaired) electrons. The Kier molecular flexibility index (Phi) is 4.03. The van der Waals surface area contributed by atoms with Crippen LogP contribution in [-0.2, 0) is 7.05 Å². The van der Waals surface area contributed by atoms with Gasteiger partial charge in [-0.1, -0.05) is 12.1 Å². The minimum atomic E-state index is 0.229. The van der Waals surface area contributed by atoms with E-state index in [1.807, 2.05) is 25.2 Å². The first-order chi connectivity index (χ1) is 10.1. The molecule has 0 spiro atoms. The maximum absolute atomic E-state index is 4.04. The van der Waals surface area contributed by atoms with E-state index in [9.17, 15) is 0 Å². The number of nitrogens with zero attached hydrogens (tertiary/aromatic N) is 4. The Balaban J connectivity index is 1.84. The smallest absolute Gasteiger partial charge is 0.181 e. The van der Waals surface area contributed by atoms with Gasteiger partial charge in [0.1, 0.15) is 0 Å². The summed E-state index contributed by atoms with van der Waals surface area (Å²) in [4.78, 5) is 1.28. The summed E-state index contributed by atoms with van der Waals surface area (Å²) in [7, 11) is 1.83. The quantitative estimate of drug-likeness (QED) is 0.764. The van der Waals surface area contributed by atoms with Gasteiger partial charge in [-0.2, -0.15) is 0 Å². The summed E-state index contributed by atoms with van der Waals surface area (Å²) in [6.45, 7) is 2.15. The zero-order valence-electron chi connectivity index (χ0n) is 11.6. The van der Waals surface area contributed by atoms with E-state index in [0.717, 1.165) is 21.5 Å². The lowest BCUT2D eigenvalue weighted by Gasteiger charge is -2.15. The van der Waals surface area contributed by atoms with Crippen molar-refractivity contribution in [2.24, 2.45) is 7.05 Å². The molecular weight excluding hydrogens is 350 g/mol. The van der Waals surface area contributed by atoms with Crippen molar-refractivity contribution in [3.05, 3.63) is 45.1 Å². The van der Waals surface area contributed by atoms with Gasteiger partial charge in [-0.05, 0) is 56.9 Å². The molecule has 2 aromatic heterocycles. The molecule has 0 aliphatic carbocycles. The van der Waals surface area contributed by atoms with E-state index < -0.39 is 0 Å². The molecule has 1 aromatic carbocycles. The van der Waals surface area contributed by atoms with E-state index in [-0.39, 0.29) is 6.04 Å². The van der Waals surface area contributed by atoms with E-state index >= 15 is 0 Å². The number of nitrogens with one attached hydrogen (secondary N) is 1. The number of tetrazole rings is 1. The highest BCUT2D eigenvalue weighted by atomic mass is 79.9. The van der Waals surface area contributed by atoms with Crippen molar-refractivity contribution in [1.29, 1.82) is 0 Å². The average Bonchev–Trinajstić information content (AvgIpc) is 3.07. The maximum Gasteiger partial charge on any atom is 0.181 e. The average molecular weight is 364 g/mol. The Hall–Kier alpha value is -1.73. The highest BCUT2D eigenvalue weighted by molar-refractivity contribution is 9.10. The summed E-state index contributed by atoms with van der Waals surface area (Å²) in [6, 6.07) is 10.4. The SMILES string of the molecule is CC(Nc1cccc(-c2nnnn2C)c1)c1sccc1Br. The second kappa shape index (κ2) is 5.95. The number of benzene rings is 1. The molecule has 3 aromatic rings. The van der Waals surface area contributed by atoms with E-state index in [0.29, 0.717) is 0 Å². The predicted molar refractivity (Wildman–Crippen MR) is 88.3 cm³/mol. The van der Waals surface area contributed by atoms with Gasteiger partial charge in [0.2, 0.25) is 0 Å². The van der Waals surface area contributed by atoms with E-state index in [2.05, 4.69) is 61.2 Å². The Morgan fingerprint density at radius 3 is 2.86 bits per heavy atom. The van der Waals surface area contributed by atoms with Gasteiger partial charge in [-0.15, -0.1) is 16.4 Å². The van der Waals surface area contributed by atoms with E-state index in [1.54, 1.807) is 16.0 Å². The minimum Gasteiger partial charge on any atom is -0.378 e. The van der Waals surface area contributed by atoms with Gasteiger partial charge >= 0.3 is 0 Å². The first-order valence-electron chi connectivity index (χ1n) is 6.47. The molecule has 2 heterocycles. The van der Waals surface area contributed by atoms with Crippen LogP contribution in [-0.4, -0.2) is 20.2 Å². The first-order valence-corrected chi connectivity index (χ1v) is 8.14. The van der Waals surface area contributed by atoms with Crippen molar-refractivity contribution in [2.75, 3.05) is 5.32 Å². The lowest BCUT2D eigenvalue weighted by atomic mass is 10.1. The minimum absolute atomic E-state index is 0.229. The first kappa shape index (κ1) is 14.2. The molecule has 5 nitrogen and oxygen atoms in total. The summed E-state index contributed by atoms with van der Waals surface area (Å²) in [5.74, 6) is 0.753. The molecule has 0 fully saturated rings. The molecule has 0 aliphatic rings. The van der Waals surface area contributed by atoms with Gasteiger partial charge in [0, 0.05) is 27.6 Å². The third-order valence-electron chi connectivity index (χ3n) is 3.16. The molecule has 0 saturated carbocycles. The zero-order valence-corrected chi connectivity index (χ0v) is 14.0. The number of hydrogen-bond donors (Lipinski definition) is 1. The van der Waals surface area contributed by atoms with Crippen LogP contribution in [0.3, 0.4) is 0 Å². The third kappa shape index (κ3) is 2.98. The second-order valence-corrected chi connectivity index (χ2v) is 6.51. The molecule has 108 valence electrons. The van der Waals surface area contributed by atoms with Crippen molar-refractivity contribution in [2.45, 2.75) is 13.0 Å². The van der Waals surface area contributed by atoms with Crippen LogP contribution in [0.4, 0.5) is 5.69 Å². The van der Waals surface area contributed by atoms with Crippen LogP contribution >= 0.6 is 27.3 Å². The number of rotatable bonds is 4. The molecule has 21 heavy (non-hydrogen) atoms. The molecule has 1 N–H and O–H groups in total. The van der Waals surface area contributed by atoms with Crippen LogP contribution in [0, 0.1) is 0 Å². The van der Waals surface area contributed by atoms with Crippen LogP contribution in [0.15, 0.2) is 40.2 Å². The number of hydrogen-bond acceptors (Lipinski definition) is 5. The zero-order chi connectivity index (χ0) is 14.8. The topological polar surface area (TPSA) is 55.6 Å². The van der Waals surface area contributed by atoms with Crippen molar-refractivity contribution in [3.63, 3.8) is 0 Å². The van der Waals surface area contributed by atoms with Gasteiger partial charge in [0.25, 0.3) is 0 Å². The van der Waals surface area contributed by atoms with Crippen molar-refractivity contribution < 1.29 is 0 Å². The fraction of sp³-hybridized carbons (Fsp3) is 0.214. The molecule has 1 unspecified atom stereocenters. The second-order valence-electron chi connectivity index (χ2n) is 4.71. The van der Waals surface area contributed by atoms with Crippen molar-refractivity contribution in [3.8, 4) is 11.4 Å². The maximum atomic E-state index is 4.04. The molecule has 0 aliphatic heterocycles. The fourth-order valence-corrected chi connectivity index (χ4v) is 3.88. The molecule has 3 rings (SSSR count). The van der Waals surface area contributed by atoms with Crippen molar-refractivity contribution >= 4 is 33.0 Å². The van der Waals surface area contributed by atoms with Crippen LogP contribution in [0.5, 0.6) is 0 Å². The van der Waals surface area contributed by atoms with Crippen LogP contribution in [0.25, 0.3) is 11.4 Å². The standard InChI is InChI=1S/C14H14BrN5S/c1-9(13-12(15)6-7-21-13)16-11-5-3-4-10(8-11)14-17-18-19-20(14)2/h3-9,16H,1-2H3. The highest BCUT2D eigenvalue weighted by Gasteiger charge is 2.12. The molecular formula is C14H14BrN5S. The van der Waals surface area contributed by atoms with Gasteiger partial charge in [-0.3, -0.25) is 0 Å². The van der Waals surface area contributed by atoms with Crippen LogP contribution in [0.1, 0.15) is 17.8 Å². The Labute approximate surface area is 135 Å². The largest absolute Gasteiger partial charge is 0.378 e. The summed E-state index contributed by atoms with van der Waals surface area (Å²) in [5.41, 5.74) is 2.04. The normalized spacial score (nSPS) is 12.3. The Morgan fingerprint density at radius 2 is 2.19 bits per heavy atom. The van der Waals surface area contributed by atoms with Gasteiger partial charge < -0.3 is 5.32 Å². The molecule has 7 heteroatoms. The summed E-state index contributed by atoms with van der Waals surface area (Å²) < 4.78 is 2.81. The predicted octanol–water partition coefficient (Wildman–Crippen LogP) is 3.87. The molecule has 0 bridgehead atoms. The Bertz CT molecular complexity index is 751. The number of aromatic nitrogens is 4. The monoisotopic (exact) mass is 363 g/mol.